The summed E-state index contributed by atoms with van der Waals surface area (Å²) in [5.74, 6) is 0. The van der Waals surface area contributed by atoms with Gasteiger partial charge in [0.25, 0.3) is 0 Å². The molecule has 70 valence electrons. The van der Waals surface area contributed by atoms with Gasteiger partial charge in [-0.05, 0) is 31.2 Å². The number of aromatic nitrogens is 1. The number of benzene rings is 1. The molecule has 0 bridgehead atoms. The Bertz CT molecular complexity index is 443. The van der Waals surface area contributed by atoms with Crippen LogP contribution >= 0.6 is 0 Å². The molecular formula is C12H11NO. The molecule has 0 spiro atoms. The zero-order chi connectivity index (χ0) is 9.97. The smallest absolute Gasteiger partial charge is 0.166 e. The van der Waals surface area contributed by atoms with Gasteiger partial charge in [-0.1, -0.05) is 18.2 Å². The first-order valence-electron chi connectivity index (χ1n) is 4.52. The molecule has 14 heavy (non-hydrogen) atoms. The maximum Gasteiger partial charge on any atom is 0.166 e. The molecule has 0 aliphatic heterocycles. The Kier molecular flexibility index (Phi) is 2.19. The first-order chi connectivity index (χ1) is 6.83. The van der Waals surface area contributed by atoms with E-state index in [0.29, 0.717) is 5.69 Å². The Morgan fingerprint density at radius 3 is 2.43 bits per heavy atom. The van der Waals surface area contributed by atoms with Crippen LogP contribution in [0.4, 0.5) is 0 Å². The molecule has 0 unspecified atom stereocenters. The van der Waals surface area contributed by atoms with Gasteiger partial charge in [0.2, 0.25) is 0 Å². The van der Waals surface area contributed by atoms with Gasteiger partial charge in [0, 0.05) is 11.4 Å². The Morgan fingerprint density at radius 2 is 1.79 bits per heavy atom. The first kappa shape index (κ1) is 8.75. The SMILES string of the molecule is Cc1ccc(C=O)n1-c1ccccc1. The second kappa shape index (κ2) is 3.50. The lowest BCUT2D eigenvalue weighted by molar-refractivity contribution is 0.111. The predicted octanol–water partition coefficient (Wildman–Crippen LogP) is 2.60. The van der Waals surface area contributed by atoms with E-state index in [1.54, 1.807) is 0 Å². The minimum atomic E-state index is 0.689. The molecular weight excluding hydrogens is 174 g/mol. The van der Waals surface area contributed by atoms with E-state index in [2.05, 4.69) is 0 Å². The zero-order valence-electron chi connectivity index (χ0n) is 7.97. The molecule has 0 atom stereocenters. The van der Waals surface area contributed by atoms with Crippen molar-refractivity contribution < 1.29 is 4.79 Å². The third kappa shape index (κ3) is 1.35. The van der Waals surface area contributed by atoms with Crippen molar-refractivity contribution in [3.63, 3.8) is 0 Å². The minimum Gasteiger partial charge on any atom is -0.311 e. The second-order valence-corrected chi connectivity index (χ2v) is 3.19. The summed E-state index contributed by atoms with van der Waals surface area (Å²) >= 11 is 0. The Balaban J connectivity index is 2.61. The molecule has 1 heterocycles. The maximum atomic E-state index is 10.8. The van der Waals surface area contributed by atoms with Crippen LogP contribution in [0.15, 0.2) is 42.5 Å². The minimum absolute atomic E-state index is 0.689. The highest BCUT2D eigenvalue weighted by molar-refractivity contribution is 5.74. The number of aldehydes is 1. The van der Waals surface area contributed by atoms with E-state index in [9.17, 15) is 4.79 Å². The van der Waals surface area contributed by atoms with Crippen LogP contribution in [0.1, 0.15) is 16.2 Å². The molecule has 0 amide bonds. The van der Waals surface area contributed by atoms with Crippen molar-refractivity contribution >= 4 is 6.29 Å². The molecule has 2 nitrogen and oxygen atoms in total. The lowest BCUT2D eigenvalue weighted by Crippen LogP contribution is -2.00. The van der Waals surface area contributed by atoms with Crippen LogP contribution in [0.2, 0.25) is 0 Å². The van der Waals surface area contributed by atoms with E-state index >= 15 is 0 Å². The molecule has 0 saturated carbocycles. The standard InChI is InChI=1S/C12H11NO/c1-10-7-8-12(9-14)13(10)11-5-3-2-4-6-11/h2-9H,1H3. The van der Waals surface area contributed by atoms with E-state index < -0.39 is 0 Å². The molecule has 0 saturated heterocycles. The normalized spacial score (nSPS) is 10.1. The fraction of sp³-hybridized carbons (Fsp3) is 0.0833. The van der Waals surface area contributed by atoms with Crippen molar-refractivity contribution in [3.8, 4) is 5.69 Å². The fourth-order valence-electron chi connectivity index (χ4n) is 1.58. The summed E-state index contributed by atoms with van der Waals surface area (Å²) in [5, 5.41) is 0. The summed E-state index contributed by atoms with van der Waals surface area (Å²) in [7, 11) is 0. The second-order valence-electron chi connectivity index (χ2n) is 3.19. The molecule has 0 aliphatic carbocycles. The third-order valence-corrected chi connectivity index (χ3v) is 2.24. The monoisotopic (exact) mass is 185 g/mol. The van der Waals surface area contributed by atoms with Crippen molar-refractivity contribution in [2.45, 2.75) is 6.92 Å². The average molecular weight is 185 g/mol. The van der Waals surface area contributed by atoms with Crippen molar-refractivity contribution in [1.82, 2.24) is 4.57 Å². The van der Waals surface area contributed by atoms with Crippen LogP contribution in [0.3, 0.4) is 0 Å². The topological polar surface area (TPSA) is 22.0 Å². The number of nitrogens with zero attached hydrogens (tertiary/aromatic N) is 1. The van der Waals surface area contributed by atoms with Gasteiger partial charge in [-0.25, -0.2) is 0 Å². The molecule has 0 fully saturated rings. The Hall–Kier alpha value is -1.83. The number of aryl methyl sites for hydroxylation is 1. The summed E-state index contributed by atoms with van der Waals surface area (Å²) in [5.41, 5.74) is 2.78. The van der Waals surface area contributed by atoms with Crippen LogP contribution in [-0.2, 0) is 0 Å². The lowest BCUT2D eigenvalue weighted by Gasteiger charge is -2.07. The number of hydrogen-bond acceptors (Lipinski definition) is 1. The van der Waals surface area contributed by atoms with Gasteiger partial charge in [-0.3, -0.25) is 4.79 Å². The zero-order valence-corrected chi connectivity index (χ0v) is 7.97. The molecule has 0 N–H and O–H groups in total. The molecule has 2 aromatic rings. The number of para-hydroxylation sites is 1. The Labute approximate surface area is 82.8 Å². The van der Waals surface area contributed by atoms with E-state index in [-0.39, 0.29) is 0 Å². The van der Waals surface area contributed by atoms with Crippen molar-refractivity contribution in [2.75, 3.05) is 0 Å². The predicted molar refractivity (Wildman–Crippen MR) is 55.9 cm³/mol. The number of rotatable bonds is 2. The highest BCUT2D eigenvalue weighted by atomic mass is 16.1. The molecule has 1 aromatic carbocycles. The van der Waals surface area contributed by atoms with Crippen LogP contribution < -0.4 is 0 Å². The molecule has 1 aromatic heterocycles. The maximum absolute atomic E-state index is 10.8. The number of carbonyl (C=O) groups excluding carboxylic acids is 1. The quantitative estimate of drug-likeness (QED) is 0.659. The summed E-state index contributed by atoms with van der Waals surface area (Å²) in [6.07, 6.45) is 0.875. The summed E-state index contributed by atoms with van der Waals surface area (Å²) in [6.45, 7) is 1.99. The van der Waals surface area contributed by atoms with Gasteiger partial charge in [0.1, 0.15) is 0 Å². The van der Waals surface area contributed by atoms with Crippen LogP contribution in [0.25, 0.3) is 5.69 Å². The van der Waals surface area contributed by atoms with Crippen molar-refractivity contribution in [2.24, 2.45) is 0 Å². The molecule has 0 radical (unpaired) electrons. The molecule has 2 heteroatoms. The summed E-state index contributed by atoms with van der Waals surface area (Å²) in [4.78, 5) is 10.8. The van der Waals surface area contributed by atoms with Crippen LogP contribution in [-0.4, -0.2) is 10.9 Å². The fourth-order valence-corrected chi connectivity index (χ4v) is 1.58. The van der Waals surface area contributed by atoms with Gasteiger partial charge in [-0.15, -0.1) is 0 Å². The first-order valence-corrected chi connectivity index (χ1v) is 4.52. The highest BCUT2D eigenvalue weighted by Gasteiger charge is 2.04. The van der Waals surface area contributed by atoms with E-state index in [0.717, 1.165) is 17.7 Å². The largest absolute Gasteiger partial charge is 0.311 e. The Morgan fingerprint density at radius 1 is 1.07 bits per heavy atom. The number of carbonyl (C=O) groups is 1. The lowest BCUT2D eigenvalue weighted by atomic mass is 10.3. The van der Waals surface area contributed by atoms with Gasteiger partial charge < -0.3 is 4.57 Å². The third-order valence-electron chi connectivity index (χ3n) is 2.24. The van der Waals surface area contributed by atoms with E-state index in [4.69, 9.17) is 0 Å². The average Bonchev–Trinajstić information content (AvgIpc) is 2.61. The summed E-state index contributed by atoms with van der Waals surface area (Å²) < 4.78 is 1.94. The van der Waals surface area contributed by atoms with E-state index in [1.165, 1.54) is 0 Å². The summed E-state index contributed by atoms with van der Waals surface area (Å²) in [6, 6.07) is 13.6. The molecule has 0 aliphatic rings. The van der Waals surface area contributed by atoms with E-state index in [1.807, 2.05) is 54.0 Å². The van der Waals surface area contributed by atoms with Gasteiger partial charge in [-0.2, -0.15) is 0 Å². The van der Waals surface area contributed by atoms with Gasteiger partial charge in [0.15, 0.2) is 6.29 Å². The number of hydrogen-bond donors (Lipinski definition) is 0. The van der Waals surface area contributed by atoms with Gasteiger partial charge in [0.05, 0.1) is 5.69 Å². The van der Waals surface area contributed by atoms with Gasteiger partial charge >= 0.3 is 0 Å². The van der Waals surface area contributed by atoms with Crippen molar-refractivity contribution in [1.29, 1.82) is 0 Å². The van der Waals surface area contributed by atoms with Crippen molar-refractivity contribution in [3.05, 3.63) is 53.9 Å². The molecule has 2 rings (SSSR count). The van der Waals surface area contributed by atoms with Crippen LogP contribution in [0, 0.1) is 6.92 Å². The van der Waals surface area contributed by atoms with Crippen LogP contribution in [0.5, 0.6) is 0 Å². The highest BCUT2D eigenvalue weighted by Crippen LogP contribution is 2.14.